The van der Waals surface area contributed by atoms with Gasteiger partial charge in [-0.1, -0.05) is 0 Å². The number of hydrogen-bond acceptors (Lipinski definition) is 4. The van der Waals surface area contributed by atoms with Crippen LogP contribution in [0.3, 0.4) is 0 Å². The van der Waals surface area contributed by atoms with E-state index in [1.807, 2.05) is 4.90 Å². The smallest absolute Gasteiger partial charge is 0.317 e. The molecule has 23 heavy (non-hydrogen) atoms. The van der Waals surface area contributed by atoms with Gasteiger partial charge in [0.1, 0.15) is 0 Å². The third kappa shape index (κ3) is 4.46. The normalized spacial score (nSPS) is 23.9. The number of nitrogens with one attached hydrogen (secondary N) is 1. The largest absolute Gasteiger partial charge is 0.378 e. The fraction of sp³-hybridized carbons (Fsp3) is 0.706. The summed E-state index contributed by atoms with van der Waals surface area (Å²) in [7, 11) is 0. The summed E-state index contributed by atoms with van der Waals surface area (Å²) in [5.41, 5.74) is 1.38. The fourth-order valence-corrected chi connectivity index (χ4v) is 4.11. The van der Waals surface area contributed by atoms with Crippen molar-refractivity contribution in [2.24, 2.45) is 0 Å². The average Bonchev–Trinajstić information content (AvgIpc) is 3.28. The lowest BCUT2D eigenvalue weighted by molar-refractivity contribution is 0.100. The van der Waals surface area contributed by atoms with Crippen LogP contribution in [0.4, 0.5) is 4.79 Å². The summed E-state index contributed by atoms with van der Waals surface area (Å²) in [6, 6.07) is 2.70. The van der Waals surface area contributed by atoms with E-state index in [1.165, 1.54) is 5.56 Å². The van der Waals surface area contributed by atoms with Crippen molar-refractivity contribution in [2.45, 2.75) is 38.3 Å². The molecule has 3 rings (SSSR count). The van der Waals surface area contributed by atoms with Crippen LogP contribution in [0.2, 0.25) is 0 Å². The van der Waals surface area contributed by atoms with Crippen LogP contribution in [0.5, 0.6) is 0 Å². The van der Waals surface area contributed by atoms with Gasteiger partial charge >= 0.3 is 6.03 Å². The Morgan fingerprint density at radius 3 is 2.91 bits per heavy atom. The lowest BCUT2D eigenvalue weighted by Gasteiger charge is -2.37. The molecule has 2 aliphatic heterocycles. The highest BCUT2D eigenvalue weighted by Crippen LogP contribution is 2.23. The van der Waals surface area contributed by atoms with Crippen LogP contribution >= 0.6 is 11.3 Å². The molecule has 1 aromatic heterocycles. The Labute approximate surface area is 142 Å². The summed E-state index contributed by atoms with van der Waals surface area (Å²) in [6.45, 7) is 7.34. The Bertz CT molecular complexity index is 480. The van der Waals surface area contributed by atoms with Gasteiger partial charge in [0.15, 0.2) is 0 Å². The molecule has 0 unspecified atom stereocenters. The summed E-state index contributed by atoms with van der Waals surface area (Å²) in [5.74, 6) is 0. The van der Waals surface area contributed by atoms with Crippen LogP contribution in [0, 0.1) is 0 Å². The summed E-state index contributed by atoms with van der Waals surface area (Å²) >= 11 is 1.75. The summed E-state index contributed by atoms with van der Waals surface area (Å²) in [6.07, 6.45) is 3.57. The number of piperazine rings is 1. The van der Waals surface area contributed by atoms with Crippen LogP contribution in [-0.4, -0.2) is 61.3 Å². The van der Waals surface area contributed by atoms with Gasteiger partial charge in [-0.15, -0.1) is 0 Å². The number of amides is 2. The van der Waals surface area contributed by atoms with Crippen molar-refractivity contribution in [3.8, 4) is 0 Å². The van der Waals surface area contributed by atoms with Crippen molar-refractivity contribution in [3.05, 3.63) is 22.4 Å². The molecule has 0 bridgehead atoms. The molecule has 2 aliphatic rings. The number of nitrogens with zero attached hydrogens (tertiary/aromatic N) is 2. The zero-order valence-corrected chi connectivity index (χ0v) is 14.7. The number of ether oxygens (including phenoxy) is 1. The first kappa shape index (κ1) is 16.7. The first-order valence-electron chi connectivity index (χ1n) is 8.64. The van der Waals surface area contributed by atoms with E-state index in [4.69, 9.17) is 4.74 Å². The standard InChI is InChI=1S/C17H27N3O2S/c1-14(15-5-12-23-13-15)19-7-9-20(10-8-19)17(21)18-6-4-16-3-2-11-22-16/h5,12-14,16H,2-4,6-11H2,1H3,(H,18,21)/t14-,16-/m1/s1. The second-order valence-electron chi connectivity index (χ2n) is 6.41. The number of hydrogen-bond donors (Lipinski definition) is 1. The van der Waals surface area contributed by atoms with Crippen molar-refractivity contribution in [1.29, 1.82) is 0 Å². The molecule has 0 radical (unpaired) electrons. The highest BCUT2D eigenvalue weighted by Gasteiger charge is 2.25. The Morgan fingerprint density at radius 1 is 1.43 bits per heavy atom. The van der Waals surface area contributed by atoms with Crippen molar-refractivity contribution < 1.29 is 9.53 Å². The van der Waals surface area contributed by atoms with Crippen LogP contribution in [0.25, 0.3) is 0 Å². The third-order valence-electron chi connectivity index (χ3n) is 4.94. The van der Waals surface area contributed by atoms with Gasteiger partial charge < -0.3 is 15.0 Å². The third-order valence-corrected chi connectivity index (χ3v) is 5.64. The van der Waals surface area contributed by atoms with Gasteiger partial charge in [-0.3, -0.25) is 4.90 Å². The summed E-state index contributed by atoms with van der Waals surface area (Å²) < 4.78 is 5.59. The lowest BCUT2D eigenvalue weighted by Crippen LogP contribution is -2.52. The minimum absolute atomic E-state index is 0.0748. The number of carbonyl (C=O) groups is 1. The van der Waals surface area contributed by atoms with Crippen molar-refractivity contribution in [3.63, 3.8) is 0 Å². The van der Waals surface area contributed by atoms with Crippen LogP contribution in [0.15, 0.2) is 16.8 Å². The SMILES string of the molecule is C[C@H](c1ccsc1)N1CCN(C(=O)NCC[C@H]2CCCO2)CC1. The van der Waals surface area contributed by atoms with Gasteiger partial charge in [0.25, 0.3) is 0 Å². The number of carbonyl (C=O) groups excluding carboxylic acids is 1. The van der Waals surface area contributed by atoms with Crippen molar-refractivity contribution in [1.82, 2.24) is 15.1 Å². The molecule has 2 atom stereocenters. The van der Waals surface area contributed by atoms with E-state index >= 15 is 0 Å². The molecule has 0 saturated carbocycles. The molecule has 1 N–H and O–H groups in total. The molecule has 2 fully saturated rings. The van der Waals surface area contributed by atoms with Crippen LogP contribution in [-0.2, 0) is 4.74 Å². The molecule has 128 valence electrons. The molecule has 3 heterocycles. The molecular formula is C17H27N3O2S. The molecule has 2 saturated heterocycles. The highest BCUT2D eigenvalue weighted by molar-refractivity contribution is 7.07. The van der Waals surface area contributed by atoms with Gasteiger partial charge in [0.2, 0.25) is 0 Å². The Balaban J connectivity index is 1.37. The van der Waals surface area contributed by atoms with Crippen molar-refractivity contribution in [2.75, 3.05) is 39.3 Å². The van der Waals surface area contributed by atoms with E-state index in [9.17, 15) is 4.79 Å². The minimum Gasteiger partial charge on any atom is -0.378 e. The maximum Gasteiger partial charge on any atom is 0.317 e. The second kappa shape index (κ2) is 8.13. The van der Waals surface area contributed by atoms with Gasteiger partial charge in [0, 0.05) is 45.4 Å². The first-order chi connectivity index (χ1) is 11.2. The molecular weight excluding hydrogens is 310 g/mol. The first-order valence-corrected chi connectivity index (χ1v) is 9.59. The number of urea groups is 1. The zero-order chi connectivity index (χ0) is 16.1. The van der Waals surface area contributed by atoms with E-state index in [0.29, 0.717) is 12.1 Å². The Hall–Kier alpha value is -1.11. The maximum absolute atomic E-state index is 12.2. The second-order valence-corrected chi connectivity index (χ2v) is 7.19. The average molecular weight is 337 g/mol. The molecule has 0 aliphatic carbocycles. The monoisotopic (exact) mass is 337 g/mol. The Morgan fingerprint density at radius 2 is 2.26 bits per heavy atom. The maximum atomic E-state index is 12.2. The summed E-state index contributed by atoms with van der Waals surface area (Å²) in [4.78, 5) is 16.6. The van der Waals surface area contributed by atoms with Gasteiger partial charge in [-0.25, -0.2) is 4.79 Å². The number of rotatable bonds is 5. The topological polar surface area (TPSA) is 44.8 Å². The molecule has 5 nitrogen and oxygen atoms in total. The summed E-state index contributed by atoms with van der Waals surface area (Å²) in [5, 5.41) is 7.39. The van der Waals surface area contributed by atoms with E-state index in [1.54, 1.807) is 11.3 Å². The van der Waals surface area contributed by atoms with Gasteiger partial charge in [-0.05, 0) is 48.6 Å². The molecule has 6 heteroatoms. The quantitative estimate of drug-likeness (QED) is 0.898. The van der Waals surface area contributed by atoms with Gasteiger partial charge in [0.05, 0.1) is 6.10 Å². The van der Waals surface area contributed by atoms with E-state index in [-0.39, 0.29) is 6.03 Å². The molecule has 2 amide bonds. The predicted molar refractivity (Wildman–Crippen MR) is 92.9 cm³/mol. The lowest BCUT2D eigenvalue weighted by atomic mass is 10.1. The highest BCUT2D eigenvalue weighted by atomic mass is 32.1. The number of thiophene rings is 1. The van der Waals surface area contributed by atoms with E-state index < -0.39 is 0 Å². The Kier molecular flexibility index (Phi) is 5.91. The fourth-order valence-electron chi connectivity index (χ4n) is 3.36. The van der Waals surface area contributed by atoms with E-state index in [0.717, 1.165) is 58.6 Å². The predicted octanol–water partition coefficient (Wildman–Crippen LogP) is 2.71. The zero-order valence-electron chi connectivity index (χ0n) is 13.9. The molecule has 0 aromatic carbocycles. The van der Waals surface area contributed by atoms with Gasteiger partial charge in [-0.2, -0.15) is 11.3 Å². The van der Waals surface area contributed by atoms with Crippen LogP contribution in [0.1, 0.15) is 37.8 Å². The molecule has 1 aromatic rings. The van der Waals surface area contributed by atoms with Crippen molar-refractivity contribution >= 4 is 17.4 Å². The van der Waals surface area contributed by atoms with Crippen LogP contribution < -0.4 is 5.32 Å². The molecule has 0 spiro atoms. The van der Waals surface area contributed by atoms with E-state index in [2.05, 4.69) is 34.0 Å². The minimum atomic E-state index is 0.0748.